The Bertz CT molecular complexity index is 498. The maximum atomic E-state index is 5.95. The highest BCUT2D eigenvalue weighted by Gasteiger charge is 2.38. The molecule has 4 fully saturated rings. The summed E-state index contributed by atoms with van der Waals surface area (Å²) < 4.78 is 5.95. The summed E-state index contributed by atoms with van der Waals surface area (Å²) >= 11 is 0. The standard InChI is InChI=1S/C19H31N3O/c1-2-3-17-4-5-18(23-17)14-21-10-12-22(13-11-21)19-15-20-8-6-16(19)7-9-20/h4-5,16,19H,2-3,6-15H2,1H3. The number of rotatable bonds is 5. The van der Waals surface area contributed by atoms with Crippen molar-refractivity contribution in [2.75, 3.05) is 45.8 Å². The molecule has 1 aromatic rings. The van der Waals surface area contributed by atoms with Crippen LogP contribution in [0.25, 0.3) is 0 Å². The van der Waals surface area contributed by atoms with Crippen molar-refractivity contribution in [3.63, 3.8) is 0 Å². The molecule has 1 unspecified atom stereocenters. The summed E-state index contributed by atoms with van der Waals surface area (Å²) in [5.74, 6) is 3.26. The van der Waals surface area contributed by atoms with Gasteiger partial charge in [-0.3, -0.25) is 9.80 Å². The summed E-state index contributed by atoms with van der Waals surface area (Å²) in [4.78, 5) is 8.01. The van der Waals surface area contributed by atoms with Crippen LogP contribution in [0.15, 0.2) is 16.5 Å². The minimum atomic E-state index is 0.833. The van der Waals surface area contributed by atoms with E-state index in [1.54, 1.807) is 0 Å². The first-order chi connectivity index (χ1) is 11.3. The van der Waals surface area contributed by atoms with Gasteiger partial charge < -0.3 is 9.32 Å². The highest BCUT2D eigenvalue weighted by molar-refractivity contribution is 5.07. The Balaban J connectivity index is 1.27. The molecule has 4 aliphatic heterocycles. The molecule has 0 amide bonds. The van der Waals surface area contributed by atoms with Gasteiger partial charge in [0.1, 0.15) is 11.5 Å². The summed E-state index contributed by atoms with van der Waals surface area (Å²) in [6.07, 6.45) is 5.08. The Morgan fingerprint density at radius 3 is 2.39 bits per heavy atom. The van der Waals surface area contributed by atoms with E-state index in [-0.39, 0.29) is 0 Å². The SMILES string of the molecule is CCCc1ccc(CN2CCN(C3CN4CCC3CC4)CC2)o1. The third-order valence-corrected chi connectivity index (χ3v) is 6.09. The van der Waals surface area contributed by atoms with Gasteiger partial charge >= 0.3 is 0 Å². The molecule has 23 heavy (non-hydrogen) atoms. The van der Waals surface area contributed by atoms with Crippen LogP contribution in [-0.2, 0) is 13.0 Å². The van der Waals surface area contributed by atoms with E-state index in [4.69, 9.17) is 4.42 Å². The highest BCUT2D eigenvalue weighted by atomic mass is 16.3. The van der Waals surface area contributed by atoms with Crippen LogP contribution in [0.3, 0.4) is 0 Å². The second-order valence-electron chi connectivity index (χ2n) is 7.64. The molecule has 5 heterocycles. The Morgan fingerprint density at radius 2 is 1.74 bits per heavy atom. The number of piperazine rings is 1. The van der Waals surface area contributed by atoms with Gasteiger partial charge in [-0.25, -0.2) is 0 Å². The molecule has 4 nitrogen and oxygen atoms in total. The van der Waals surface area contributed by atoms with Gasteiger partial charge in [0.25, 0.3) is 0 Å². The first kappa shape index (κ1) is 15.7. The second kappa shape index (κ2) is 6.96. The molecular weight excluding hydrogens is 286 g/mol. The monoisotopic (exact) mass is 317 g/mol. The van der Waals surface area contributed by atoms with Crippen LogP contribution in [0.1, 0.15) is 37.7 Å². The van der Waals surface area contributed by atoms with Gasteiger partial charge in [0.15, 0.2) is 0 Å². The Hall–Kier alpha value is -0.840. The molecule has 0 aliphatic carbocycles. The fourth-order valence-electron chi connectivity index (χ4n) is 4.71. The molecule has 0 radical (unpaired) electrons. The lowest BCUT2D eigenvalue weighted by Gasteiger charge is -2.51. The highest BCUT2D eigenvalue weighted by Crippen LogP contribution is 2.31. The zero-order valence-corrected chi connectivity index (χ0v) is 14.5. The molecule has 0 spiro atoms. The van der Waals surface area contributed by atoms with E-state index >= 15 is 0 Å². The van der Waals surface area contributed by atoms with E-state index in [2.05, 4.69) is 33.8 Å². The smallest absolute Gasteiger partial charge is 0.118 e. The van der Waals surface area contributed by atoms with E-state index in [9.17, 15) is 0 Å². The van der Waals surface area contributed by atoms with Crippen LogP contribution in [0.2, 0.25) is 0 Å². The molecule has 4 heteroatoms. The van der Waals surface area contributed by atoms with Gasteiger partial charge in [-0.2, -0.15) is 0 Å². The normalized spacial score (nSPS) is 32.5. The Morgan fingerprint density at radius 1 is 1.00 bits per heavy atom. The van der Waals surface area contributed by atoms with Gasteiger partial charge in [-0.05, 0) is 50.4 Å². The van der Waals surface area contributed by atoms with Crippen molar-refractivity contribution in [1.29, 1.82) is 0 Å². The number of furan rings is 1. The second-order valence-corrected chi connectivity index (χ2v) is 7.64. The van der Waals surface area contributed by atoms with Gasteiger partial charge in [-0.1, -0.05) is 6.92 Å². The molecule has 0 saturated carbocycles. The van der Waals surface area contributed by atoms with Gasteiger partial charge in [0, 0.05) is 45.2 Å². The summed E-state index contributed by atoms with van der Waals surface area (Å²) in [5, 5.41) is 0. The number of nitrogens with zero attached hydrogens (tertiary/aromatic N) is 3. The first-order valence-electron chi connectivity index (χ1n) is 9.58. The molecule has 0 N–H and O–H groups in total. The minimum Gasteiger partial charge on any atom is -0.465 e. The van der Waals surface area contributed by atoms with Crippen molar-refractivity contribution in [2.24, 2.45) is 5.92 Å². The van der Waals surface area contributed by atoms with Crippen LogP contribution in [0.5, 0.6) is 0 Å². The van der Waals surface area contributed by atoms with Crippen LogP contribution in [0.4, 0.5) is 0 Å². The average Bonchev–Trinajstić information content (AvgIpc) is 3.04. The van der Waals surface area contributed by atoms with Gasteiger partial charge in [0.05, 0.1) is 6.54 Å². The quantitative estimate of drug-likeness (QED) is 0.832. The fourth-order valence-corrected chi connectivity index (χ4v) is 4.71. The molecule has 1 aromatic heterocycles. The third kappa shape index (κ3) is 3.49. The Kier molecular flexibility index (Phi) is 4.74. The lowest BCUT2D eigenvalue weighted by molar-refractivity contribution is -0.0169. The van der Waals surface area contributed by atoms with E-state index in [0.717, 1.165) is 42.9 Å². The molecule has 0 aromatic carbocycles. The van der Waals surface area contributed by atoms with Crippen molar-refractivity contribution >= 4 is 0 Å². The van der Waals surface area contributed by atoms with E-state index in [0.29, 0.717) is 0 Å². The van der Waals surface area contributed by atoms with Crippen molar-refractivity contribution in [2.45, 2.75) is 45.2 Å². The number of hydrogen-bond acceptors (Lipinski definition) is 4. The molecule has 4 saturated heterocycles. The average molecular weight is 317 g/mol. The number of aryl methyl sites for hydroxylation is 1. The zero-order valence-electron chi connectivity index (χ0n) is 14.5. The predicted molar refractivity (Wildman–Crippen MR) is 92.5 cm³/mol. The van der Waals surface area contributed by atoms with E-state index in [1.807, 2.05) is 0 Å². The van der Waals surface area contributed by atoms with E-state index < -0.39 is 0 Å². The number of hydrogen-bond donors (Lipinski definition) is 0. The maximum absolute atomic E-state index is 5.95. The summed E-state index contributed by atoms with van der Waals surface area (Å²) in [6.45, 7) is 12.0. The largest absolute Gasteiger partial charge is 0.465 e. The fraction of sp³-hybridized carbons (Fsp3) is 0.789. The van der Waals surface area contributed by atoms with Crippen molar-refractivity contribution in [3.8, 4) is 0 Å². The van der Waals surface area contributed by atoms with Crippen molar-refractivity contribution in [3.05, 3.63) is 23.7 Å². The molecule has 128 valence electrons. The number of piperidine rings is 3. The third-order valence-electron chi connectivity index (χ3n) is 6.09. The molecule has 2 bridgehead atoms. The van der Waals surface area contributed by atoms with Gasteiger partial charge in [0.2, 0.25) is 0 Å². The van der Waals surface area contributed by atoms with Crippen LogP contribution in [0, 0.1) is 5.92 Å². The molecule has 5 rings (SSSR count). The maximum Gasteiger partial charge on any atom is 0.118 e. The molecular formula is C19H31N3O. The van der Waals surface area contributed by atoms with E-state index in [1.165, 1.54) is 58.7 Å². The molecule has 4 aliphatic rings. The van der Waals surface area contributed by atoms with Crippen molar-refractivity contribution < 1.29 is 4.42 Å². The minimum absolute atomic E-state index is 0.833. The van der Waals surface area contributed by atoms with Crippen molar-refractivity contribution in [1.82, 2.24) is 14.7 Å². The lowest BCUT2D eigenvalue weighted by atomic mass is 9.83. The first-order valence-corrected chi connectivity index (χ1v) is 9.58. The topological polar surface area (TPSA) is 22.9 Å². The van der Waals surface area contributed by atoms with Gasteiger partial charge in [-0.15, -0.1) is 0 Å². The summed E-state index contributed by atoms with van der Waals surface area (Å²) in [7, 11) is 0. The lowest BCUT2D eigenvalue weighted by Crippen LogP contribution is -2.60. The van der Waals surface area contributed by atoms with Crippen LogP contribution < -0.4 is 0 Å². The predicted octanol–water partition coefficient (Wildman–Crippen LogP) is 2.44. The molecule has 1 atom stereocenters. The summed E-state index contributed by atoms with van der Waals surface area (Å²) in [6, 6.07) is 5.16. The zero-order chi connectivity index (χ0) is 15.6. The summed E-state index contributed by atoms with van der Waals surface area (Å²) in [5.41, 5.74) is 0. The number of fused-ring (bicyclic) bond motifs is 3. The van der Waals surface area contributed by atoms with Crippen LogP contribution >= 0.6 is 0 Å². The van der Waals surface area contributed by atoms with Crippen LogP contribution in [-0.4, -0.2) is 66.6 Å². The Labute approximate surface area is 140 Å².